The number of non-ortho nitro benzene ring substituents is 1. The summed E-state index contributed by atoms with van der Waals surface area (Å²) in [4.78, 5) is 23.9. The maximum atomic E-state index is 13.5. The number of methoxy groups -OCH3 is 1. The van der Waals surface area contributed by atoms with Gasteiger partial charge in [-0.1, -0.05) is 44.7 Å². The highest BCUT2D eigenvalue weighted by molar-refractivity contribution is 6.11. The third-order valence-corrected chi connectivity index (χ3v) is 5.55. The van der Waals surface area contributed by atoms with Gasteiger partial charge < -0.3 is 9.47 Å². The van der Waals surface area contributed by atoms with Crippen LogP contribution in [-0.4, -0.2) is 23.6 Å². The Morgan fingerprint density at radius 2 is 1.75 bits per heavy atom. The van der Waals surface area contributed by atoms with Crippen LogP contribution in [0.5, 0.6) is 0 Å². The molecule has 2 aromatic carbocycles. The molecule has 146 valence electrons. The molecule has 0 spiro atoms. The second-order valence-corrected chi connectivity index (χ2v) is 6.78. The molecular formula is C22H23NO5. The van der Waals surface area contributed by atoms with Gasteiger partial charge in [0.25, 0.3) is 11.5 Å². The standard InChI is InChI=1S/C22H23NO5/c1-5-21(6-2)19-10-8-7-9-18(19)20(24)22(27-4,28-21)15(3)16-11-13-17(14-12-16)23(25)26/h7-14H,3,5-6H2,1-2,4H3. The van der Waals surface area contributed by atoms with E-state index in [1.165, 1.54) is 19.2 Å². The average Bonchev–Trinajstić information content (AvgIpc) is 2.74. The Bertz CT molecular complexity index is 930. The molecule has 1 unspecified atom stereocenters. The number of Topliss-reactive ketones (excluding diaryl/α,β-unsaturated/α-hetero) is 1. The first-order valence-corrected chi connectivity index (χ1v) is 9.19. The van der Waals surface area contributed by atoms with Gasteiger partial charge in [0.1, 0.15) is 0 Å². The molecule has 6 nitrogen and oxygen atoms in total. The number of carbonyl (C=O) groups is 1. The zero-order valence-electron chi connectivity index (χ0n) is 16.2. The first kappa shape index (κ1) is 19.9. The SMILES string of the molecule is C=C(c1ccc([N+](=O)[O-])cc1)C1(OC)OC(CC)(CC)c2ccccc2C1=O. The highest BCUT2D eigenvalue weighted by atomic mass is 16.7. The first-order chi connectivity index (χ1) is 13.3. The molecule has 0 aliphatic carbocycles. The van der Waals surface area contributed by atoms with Crippen LogP contribution < -0.4 is 0 Å². The van der Waals surface area contributed by atoms with Crippen molar-refractivity contribution in [2.24, 2.45) is 0 Å². The van der Waals surface area contributed by atoms with Gasteiger partial charge in [-0.25, -0.2) is 0 Å². The van der Waals surface area contributed by atoms with Gasteiger partial charge in [0.05, 0.1) is 10.5 Å². The molecule has 0 bridgehead atoms. The van der Waals surface area contributed by atoms with Gasteiger partial charge in [0.2, 0.25) is 5.78 Å². The summed E-state index contributed by atoms with van der Waals surface area (Å²) in [6.07, 6.45) is 1.29. The summed E-state index contributed by atoms with van der Waals surface area (Å²) in [5.41, 5.74) is 1.50. The average molecular weight is 381 g/mol. The Hall–Kier alpha value is -2.83. The van der Waals surface area contributed by atoms with Crippen LogP contribution in [0, 0.1) is 10.1 Å². The molecule has 0 saturated heterocycles. The minimum Gasteiger partial charge on any atom is -0.343 e. The molecule has 3 rings (SSSR count). The van der Waals surface area contributed by atoms with Crippen LogP contribution in [0.1, 0.15) is 48.2 Å². The number of rotatable bonds is 6. The fourth-order valence-electron chi connectivity index (χ4n) is 3.84. The molecule has 1 aliphatic heterocycles. The number of nitro groups is 1. The smallest absolute Gasteiger partial charge is 0.269 e. The van der Waals surface area contributed by atoms with Gasteiger partial charge in [-0.3, -0.25) is 14.9 Å². The van der Waals surface area contributed by atoms with Crippen molar-refractivity contribution in [3.8, 4) is 0 Å². The number of fused-ring (bicyclic) bond motifs is 1. The van der Waals surface area contributed by atoms with E-state index in [-0.39, 0.29) is 11.5 Å². The molecule has 28 heavy (non-hydrogen) atoms. The zero-order chi connectivity index (χ0) is 20.5. The number of ether oxygens (including phenoxy) is 2. The van der Waals surface area contributed by atoms with E-state index in [2.05, 4.69) is 6.58 Å². The summed E-state index contributed by atoms with van der Waals surface area (Å²) < 4.78 is 12.1. The molecule has 1 atom stereocenters. The van der Waals surface area contributed by atoms with Crippen molar-refractivity contribution in [1.82, 2.24) is 0 Å². The predicted octanol–water partition coefficient (Wildman–Crippen LogP) is 4.88. The Morgan fingerprint density at radius 3 is 2.29 bits per heavy atom. The van der Waals surface area contributed by atoms with E-state index in [9.17, 15) is 14.9 Å². The number of nitrogens with zero attached hydrogens (tertiary/aromatic N) is 1. The molecule has 0 radical (unpaired) electrons. The second kappa shape index (κ2) is 7.30. The van der Waals surface area contributed by atoms with Gasteiger partial charge in [-0.15, -0.1) is 0 Å². The van der Waals surface area contributed by atoms with Crippen molar-refractivity contribution in [2.45, 2.75) is 38.1 Å². The lowest BCUT2D eigenvalue weighted by Crippen LogP contribution is -2.54. The Morgan fingerprint density at radius 1 is 1.14 bits per heavy atom. The quantitative estimate of drug-likeness (QED) is 0.526. The monoisotopic (exact) mass is 381 g/mol. The third-order valence-electron chi connectivity index (χ3n) is 5.55. The van der Waals surface area contributed by atoms with E-state index in [1.54, 1.807) is 18.2 Å². The minimum absolute atomic E-state index is 0.0410. The highest BCUT2D eigenvalue weighted by Crippen LogP contribution is 2.49. The maximum Gasteiger partial charge on any atom is 0.269 e. The van der Waals surface area contributed by atoms with Crippen LogP contribution in [0.25, 0.3) is 5.57 Å². The molecule has 0 N–H and O–H groups in total. The van der Waals surface area contributed by atoms with Crippen LogP contribution in [0.2, 0.25) is 0 Å². The van der Waals surface area contributed by atoms with Crippen LogP contribution in [0.15, 0.2) is 55.1 Å². The lowest BCUT2D eigenvalue weighted by Gasteiger charge is -2.47. The van der Waals surface area contributed by atoms with Gasteiger partial charge >= 0.3 is 0 Å². The summed E-state index contributed by atoms with van der Waals surface area (Å²) >= 11 is 0. The molecule has 2 aromatic rings. The van der Waals surface area contributed by atoms with E-state index in [0.717, 1.165) is 5.56 Å². The first-order valence-electron chi connectivity index (χ1n) is 9.19. The topological polar surface area (TPSA) is 78.7 Å². The third kappa shape index (κ3) is 2.85. The predicted molar refractivity (Wildman–Crippen MR) is 106 cm³/mol. The Kier molecular flexibility index (Phi) is 5.19. The van der Waals surface area contributed by atoms with Crippen molar-refractivity contribution in [1.29, 1.82) is 0 Å². The maximum absolute atomic E-state index is 13.5. The molecule has 1 heterocycles. The van der Waals surface area contributed by atoms with Crippen molar-refractivity contribution in [3.63, 3.8) is 0 Å². The van der Waals surface area contributed by atoms with Crippen LogP contribution in [0.3, 0.4) is 0 Å². The second-order valence-electron chi connectivity index (χ2n) is 6.78. The Labute approximate surface area is 163 Å². The lowest BCUT2D eigenvalue weighted by molar-refractivity contribution is -0.384. The fourth-order valence-corrected chi connectivity index (χ4v) is 3.84. The van der Waals surface area contributed by atoms with Crippen molar-refractivity contribution in [2.75, 3.05) is 7.11 Å². The van der Waals surface area contributed by atoms with Crippen molar-refractivity contribution < 1.29 is 19.2 Å². The molecule has 0 fully saturated rings. The number of nitro benzene ring substituents is 1. The molecule has 0 saturated carbocycles. The fraction of sp³-hybridized carbons (Fsp3) is 0.318. The van der Waals surface area contributed by atoms with Gasteiger partial charge in [-0.2, -0.15) is 0 Å². The summed E-state index contributed by atoms with van der Waals surface area (Å²) in [6, 6.07) is 13.2. The number of ketones is 1. The summed E-state index contributed by atoms with van der Waals surface area (Å²) in [6.45, 7) is 8.09. The van der Waals surface area contributed by atoms with Crippen LogP contribution in [0.4, 0.5) is 5.69 Å². The largest absolute Gasteiger partial charge is 0.343 e. The van der Waals surface area contributed by atoms with E-state index in [0.29, 0.717) is 29.5 Å². The number of benzene rings is 2. The zero-order valence-corrected chi connectivity index (χ0v) is 16.2. The van der Waals surface area contributed by atoms with Crippen LogP contribution >= 0.6 is 0 Å². The highest BCUT2D eigenvalue weighted by Gasteiger charge is 2.55. The van der Waals surface area contributed by atoms with E-state index < -0.39 is 16.3 Å². The van der Waals surface area contributed by atoms with E-state index >= 15 is 0 Å². The molecule has 6 heteroatoms. The Balaban J connectivity index is 2.15. The summed E-state index contributed by atoms with van der Waals surface area (Å²) in [7, 11) is 1.42. The molecule has 1 aliphatic rings. The number of hydrogen-bond donors (Lipinski definition) is 0. The van der Waals surface area contributed by atoms with Gasteiger partial charge in [0.15, 0.2) is 0 Å². The minimum atomic E-state index is -1.70. The van der Waals surface area contributed by atoms with E-state index in [4.69, 9.17) is 9.47 Å². The molecule has 0 amide bonds. The van der Waals surface area contributed by atoms with Gasteiger partial charge in [0, 0.05) is 30.4 Å². The normalized spacial score (nSPS) is 20.5. The summed E-state index contributed by atoms with van der Waals surface area (Å²) in [5.74, 6) is -2.03. The molecule has 0 aromatic heterocycles. The summed E-state index contributed by atoms with van der Waals surface area (Å²) in [5, 5.41) is 10.9. The number of hydrogen-bond acceptors (Lipinski definition) is 5. The van der Waals surface area contributed by atoms with E-state index in [1.807, 2.05) is 32.0 Å². The lowest BCUT2D eigenvalue weighted by atomic mass is 9.77. The van der Waals surface area contributed by atoms with Gasteiger partial charge in [-0.05, 0) is 36.1 Å². The van der Waals surface area contributed by atoms with Crippen LogP contribution in [-0.2, 0) is 15.1 Å². The molecular weight excluding hydrogens is 358 g/mol. The van der Waals surface area contributed by atoms with Crippen molar-refractivity contribution >= 4 is 17.0 Å². The van der Waals surface area contributed by atoms with Crippen molar-refractivity contribution in [3.05, 3.63) is 81.9 Å². The number of carbonyl (C=O) groups excluding carboxylic acids is 1.